The lowest BCUT2D eigenvalue weighted by atomic mass is 9.88. The SMILES string of the molecule is C=CCOC(CC(=C)C)C(=O)NC(C)(C)C.C=CCOC(CC(C)(C)C)C(=O)NC(C)(C)C.C=CCOC(CC1CCCC1)C(=O)NC(C)(C)C. The van der Waals surface area contributed by atoms with Crippen molar-refractivity contribution in [2.45, 2.75) is 170 Å². The number of carbonyl (C=O) groups excluding carboxylic acids is 3. The van der Waals surface area contributed by atoms with Crippen LogP contribution in [0.5, 0.6) is 0 Å². The van der Waals surface area contributed by atoms with E-state index in [2.05, 4.69) is 63.0 Å². The summed E-state index contributed by atoms with van der Waals surface area (Å²) in [4.78, 5) is 36.1. The summed E-state index contributed by atoms with van der Waals surface area (Å²) in [6.45, 7) is 41.7. The Morgan fingerprint density at radius 1 is 0.627 bits per heavy atom. The van der Waals surface area contributed by atoms with Crippen LogP contribution in [0.1, 0.15) is 135 Å². The van der Waals surface area contributed by atoms with Gasteiger partial charge in [-0.15, -0.1) is 26.3 Å². The summed E-state index contributed by atoms with van der Waals surface area (Å²) in [7, 11) is 0. The van der Waals surface area contributed by atoms with E-state index >= 15 is 0 Å². The quantitative estimate of drug-likeness (QED) is 0.130. The molecule has 9 heteroatoms. The molecule has 9 nitrogen and oxygen atoms in total. The first-order valence-electron chi connectivity index (χ1n) is 18.5. The smallest absolute Gasteiger partial charge is 0.249 e. The molecule has 0 aliphatic heterocycles. The Labute approximate surface area is 312 Å². The van der Waals surface area contributed by atoms with Crippen molar-refractivity contribution in [1.29, 1.82) is 0 Å². The minimum Gasteiger partial charge on any atom is -0.364 e. The van der Waals surface area contributed by atoms with Crippen molar-refractivity contribution in [2.75, 3.05) is 19.8 Å². The third-order valence-corrected chi connectivity index (χ3v) is 6.97. The summed E-state index contributed by atoms with van der Waals surface area (Å²) in [6.07, 6.45) is 10.9. The van der Waals surface area contributed by atoms with Crippen LogP contribution in [-0.2, 0) is 28.6 Å². The second-order valence-corrected chi connectivity index (χ2v) is 17.9. The van der Waals surface area contributed by atoms with Gasteiger partial charge >= 0.3 is 0 Å². The van der Waals surface area contributed by atoms with Crippen LogP contribution in [0.25, 0.3) is 0 Å². The monoisotopic (exact) mass is 720 g/mol. The molecule has 1 saturated carbocycles. The minimum absolute atomic E-state index is 0.0104. The minimum atomic E-state index is -0.477. The van der Waals surface area contributed by atoms with E-state index in [0.717, 1.165) is 12.0 Å². The standard InChI is InChI=1S/C15H27NO2.C14H27NO2.C13H23NO2/c1-5-10-18-13(11-12-8-6-7-9-12)14(17)16-15(2,3)4;1-8-9-17-11(10-13(2,3)4)12(16)15-14(5,6)7;1-7-8-16-11(9-10(2)3)12(15)14-13(4,5)6/h5,12-13H,1,6-11H2,2-4H3,(H,16,17);8,11H,1,9-10H2,2-7H3,(H,15,16);7,11H,1-2,8-9H2,3-6H3,(H,14,15). The average Bonchev–Trinajstić information content (AvgIpc) is 3.46. The molecule has 0 aromatic carbocycles. The number of hydrogen-bond acceptors (Lipinski definition) is 6. The second kappa shape index (κ2) is 24.5. The van der Waals surface area contributed by atoms with Gasteiger partial charge in [0.05, 0.1) is 19.8 Å². The van der Waals surface area contributed by atoms with Crippen molar-refractivity contribution in [3.8, 4) is 0 Å². The first kappa shape index (κ1) is 50.4. The molecule has 0 radical (unpaired) electrons. The highest BCUT2D eigenvalue weighted by Crippen LogP contribution is 2.29. The van der Waals surface area contributed by atoms with Gasteiger partial charge in [-0.1, -0.05) is 70.3 Å². The molecule has 0 aromatic rings. The van der Waals surface area contributed by atoms with E-state index in [1.54, 1.807) is 18.2 Å². The van der Waals surface area contributed by atoms with Crippen molar-refractivity contribution in [2.24, 2.45) is 11.3 Å². The van der Waals surface area contributed by atoms with Crippen molar-refractivity contribution in [3.63, 3.8) is 0 Å². The van der Waals surface area contributed by atoms with Gasteiger partial charge in [-0.3, -0.25) is 14.4 Å². The zero-order chi connectivity index (χ0) is 40.1. The number of hydrogen-bond donors (Lipinski definition) is 3. The van der Waals surface area contributed by atoms with Gasteiger partial charge < -0.3 is 30.2 Å². The number of amides is 3. The summed E-state index contributed by atoms with van der Waals surface area (Å²) in [5.74, 6) is 0.508. The fraction of sp³-hybridized carbons (Fsp3) is 0.738. The molecule has 296 valence electrons. The van der Waals surface area contributed by atoms with Gasteiger partial charge in [0.15, 0.2) is 0 Å². The van der Waals surface area contributed by atoms with Gasteiger partial charge in [0, 0.05) is 23.0 Å². The summed E-state index contributed by atoms with van der Waals surface area (Å²) in [5.41, 5.74) is 0.300. The maximum Gasteiger partial charge on any atom is 0.249 e. The third-order valence-electron chi connectivity index (χ3n) is 6.97. The molecule has 1 rings (SSSR count). The summed E-state index contributed by atoms with van der Waals surface area (Å²) >= 11 is 0. The molecule has 51 heavy (non-hydrogen) atoms. The fourth-order valence-corrected chi connectivity index (χ4v) is 5.03. The number of rotatable bonds is 17. The van der Waals surface area contributed by atoms with Crippen LogP contribution >= 0.6 is 0 Å². The molecule has 1 aliphatic rings. The summed E-state index contributed by atoms with van der Waals surface area (Å²) in [5, 5.41) is 8.85. The molecular weight excluding hydrogens is 642 g/mol. The first-order chi connectivity index (χ1) is 23.2. The fourth-order valence-electron chi connectivity index (χ4n) is 5.03. The molecule has 0 saturated heterocycles. The highest BCUT2D eigenvalue weighted by Gasteiger charge is 2.29. The Bertz CT molecular complexity index is 1070. The third kappa shape index (κ3) is 30.6. The van der Waals surface area contributed by atoms with Crippen LogP contribution in [-0.4, -0.2) is 72.5 Å². The van der Waals surface area contributed by atoms with E-state index in [4.69, 9.17) is 14.2 Å². The Morgan fingerprint density at radius 3 is 1.29 bits per heavy atom. The van der Waals surface area contributed by atoms with Crippen LogP contribution < -0.4 is 16.0 Å². The van der Waals surface area contributed by atoms with E-state index in [0.29, 0.717) is 38.6 Å². The predicted molar refractivity (Wildman–Crippen MR) is 214 cm³/mol. The molecule has 3 unspecified atom stereocenters. The Kier molecular flexibility index (Phi) is 24.2. The Morgan fingerprint density at radius 2 is 0.961 bits per heavy atom. The largest absolute Gasteiger partial charge is 0.364 e. The van der Waals surface area contributed by atoms with Crippen LogP contribution in [0, 0.1) is 11.3 Å². The van der Waals surface area contributed by atoms with E-state index in [1.807, 2.05) is 69.2 Å². The van der Waals surface area contributed by atoms with E-state index < -0.39 is 12.2 Å². The van der Waals surface area contributed by atoms with Gasteiger partial charge in [0.2, 0.25) is 17.7 Å². The molecule has 0 heterocycles. The normalized spacial score (nSPS) is 15.4. The summed E-state index contributed by atoms with van der Waals surface area (Å²) in [6, 6.07) is 0. The molecule has 3 atom stereocenters. The lowest BCUT2D eigenvalue weighted by Crippen LogP contribution is -2.47. The maximum absolute atomic E-state index is 12.2. The molecule has 1 fully saturated rings. The van der Waals surface area contributed by atoms with Gasteiger partial charge in [0.1, 0.15) is 18.3 Å². The van der Waals surface area contributed by atoms with Crippen molar-refractivity contribution in [1.82, 2.24) is 16.0 Å². The molecule has 0 aromatic heterocycles. The van der Waals surface area contributed by atoms with Crippen LogP contribution in [0.2, 0.25) is 0 Å². The Hall–Kier alpha value is -2.75. The van der Waals surface area contributed by atoms with Gasteiger partial charge in [-0.25, -0.2) is 0 Å². The van der Waals surface area contributed by atoms with Crippen LogP contribution in [0.15, 0.2) is 50.1 Å². The van der Waals surface area contributed by atoms with Crippen molar-refractivity contribution >= 4 is 17.7 Å². The lowest BCUT2D eigenvalue weighted by molar-refractivity contribution is -0.135. The lowest BCUT2D eigenvalue weighted by Gasteiger charge is -2.28. The van der Waals surface area contributed by atoms with Crippen LogP contribution in [0.3, 0.4) is 0 Å². The average molecular weight is 720 g/mol. The zero-order valence-corrected chi connectivity index (χ0v) is 34.9. The molecule has 3 amide bonds. The molecule has 1 aliphatic carbocycles. The molecular formula is C42H77N3O6. The van der Waals surface area contributed by atoms with Crippen molar-refractivity contribution < 1.29 is 28.6 Å². The molecule has 0 bridgehead atoms. The number of carbonyl (C=O) groups is 3. The van der Waals surface area contributed by atoms with Gasteiger partial charge in [-0.2, -0.15) is 0 Å². The topological polar surface area (TPSA) is 115 Å². The van der Waals surface area contributed by atoms with E-state index in [1.165, 1.54) is 25.7 Å². The Balaban J connectivity index is 0. The van der Waals surface area contributed by atoms with Crippen LogP contribution in [0.4, 0.5) is 0 Å². The highest BCUT2D eigenvalue weighted by atomic mass is 16.5. The number of nitrogens with one attached hydrogen (secondary N) is 3. The highest BCUT2D eigenvalue weighted by molar-refractivity contribution is 5.82. The number of ether oxygens (including phenoxy) is 3. The molecule has 0 spiro atoms. The van der Waals surface area contributed by atoms with Gasteiger partial charge in [-0.05, 0) is 93.4 Å². The van der Waals surface area contributed by atoms with Crippen molar-refractivity contribution in [3.05, 3.63) is 50.1 Å². The first-order valence-corrected chi connectivity index (χ1v) is 18.5. The zero-order valence-electron chi connectivity index (χ0n) is 34.9. The van der Waals surface area contributed by atoms with E-state index in [9.17, 15) is 14.4 Å². The van der Waals surface area contributed by atoms with E-state index in [-0.39, 0.29) is 45.9 Å². The predicted octanol–water partition coefficient (Wildman–Crippen LogP) is 8.40. The second-order valence-electron chi connectivity index (χ2n) is 17.9. The summed E-state index contributed by atoms with van der Waals surface area (Å²) < 4.78 is 16.6. The molecule has 3 N–H and O–H groups in total. The maximum atomic E-state index is 12.2. The van der Waals surface area contributed by atoms with Gasteiger partial charge in [0.25, 0.3) is 0 Å².